The maximum atomic E-state index is 11.4. The van der Waals surface area contributed by atoms with E-state index in [0.29, 0.717) is 18.1 Å². The summed E-state index contributed by atoms with van der Waals surface area (Å²) in [4.78, 5) is 11.4. The number of phenolic OH excluding ortho intramolecular Hbond substituents is 1. The van der Waals surface area contributed by atoms with Crippen LogP contribution in [0.25, 0.3) is 0 Å². The molecule has 0 aromatic heterocycles. The third kappa shape index (κ3) is 3.91. The van der Waals surface area contributed by atoms with Gasteiger partial charge in [-0.15, -0.1) is 0 Å². The summed E-state index contributed by atoms with van der Waals surface area (Å²) in [6.07, 6.45) is -0.355. The number of hydrogen-bond acceptors (Lipinski definition) is 4. The molecule has 1 rings (SSSR count). The summed E-state index contributed by atoms with van der Waals surface area (Å²) in [7, 11) is 1.31. The van der Waals surface area contributed by atoms with Gasteiger partial charge in [0.25, 0.3) is 0 Å². The molecule has 1 aromatic carbocycles. The van der Waals surface area contributed by atoms with Crippen molar-refractivity contribution in [3.8, 4) is 5.75 Å². The van der Waals surface area contributed by atoms with Gasteiger partial charge in [0.2, 0.25) is 0 Å². The third-order valence-corrected chi connectivity index (χ3v) is 2.63. The predicted octanol–water partition coefficient (Wildman–Crippen LogP) is 2.17. The molecule has 0 fully saturated rings. The van der Waals surface area contributed by atoms with Gasteiger partial charge in [-0.1, -0.05) is 17.7 Å². The minimum absolute atomic E-state index is 0.0878. The van der Waals surface area contributed by atoms with Crippen molar-refractivity contribution in [2.45, 2.75) is 19.4 Å². The molecule has 0 spiro atoms. The number of rotatable bonds is 5. The van der Waals surface area contributed by atoms with E-state index in [1.807, 2.05) is 0 Å². The first-order valence-corrected chi connectivity index (χ1v) is 5.63. The molecule has 1 aromatic rings. The lowest BCUT2D eigenvalue weighted by molar-refractivity contribution is -0.153. The minimum Gasteiger partial charge on any atom is -0.508 e. The SMILES string of the molecule is CCO[C@@H](Cc1ccc(O)cc1Cl)C(=O)OC. The van der Waals surface area contributed by atoms with Crippen molar-refractivity contribution in [2.24, 2.45) is 0 Å². The summed E-state index contributed by atoms with van der Waals surface area (Å²) < 4.78 is 9.93. The van der Waals surface area contributed by atoms with E-state index >= 15 is 0 Å². The van der Waals surface area contributed by atoms with Crippen molar-refractivity contribution in [1.82, 2.24) is 0 Å². The Kier molecular flexibility index (Phi) is 5.25. The van der Waals surface area contributed by atoms with Gasteiger partial charge in [0.1, 0.15) is 5.75 Å². The van der Waals surface area contributed by atoms with Crippen LogP contribution in [-0.4, -0.2) is 30.9 Å². The molecule has 17 heavy (non-hydrogen) atoms. The monoisotopic (exact) mass is 258 g/mol. The smallest absolute Gasteiger partial charge is 0.335 e. The molecule has 1 N–H and O–H groups in total. The van der Waals surface area contributed by atoms with Crippen molar-refractivity contribution < 1.29 is 19.4 Å². The number of esters is 1. The highest BCUT2D eigenvalue weighted by molar-refractivity contribution is 6.31. The quantitative estimate of drug-likeness (QED) is 0.823. The van der Waals surface area contributed by atoms with E-state index in [9.17, 15) is 9.90 Å². The van der Waals surface area contributed by atoms with Gasteiger partial charge in [0, 0.05) is 18.1 Å². The molecule has 0 aliphatic carbocycles. The molecule has 94 valence electrons. The molecule has 0 heterocycles. The lowest BCUT2D eigenvalue weighted by Crippen LogP contribution is -2.28. The number of halogens is 1. The fourth-order valence-electron chi connectivity index (χ4n) is 1.44. The number of carbonyl (C=O) groups excluding carboxylic acids is 1. The van der Waals surface area contributed by atoms with E-state index in [0.717, 1.165) is 5.56 Å². The zero-order valence-electron chi connectivity index (χ0n) is 9.77. The summed E-state index contributed by atoms with van der Waals surface area (Å²) in [6, 6.07) is 4.60. The van der Waals surface area contributed by atoms with E-state index in [4.69, 9.17) is 16.3 Å². The standard InChI is InChI=1S/C12H15ClO4/c1-3-17-11(12(15)16-2)6-8-4-5-9(14)7-10(8)13/h4-5,7,11,14H,3,6H2,1-2H3/t11-/m0/s1. The number of aromatic hydroxyl groups is 1. The second kappa shape index (κ2) is 6.47. The first-order chi connectivity index (χ1) is 8.08. The first kappa shape index (κ1) is 13.8. The lowest BCUT2D eigenvalue weighted by atomic mass is 10.1. The molecule has 4 nitrogen and oxygen atoms in total. The zero-order chi connectivity index (χ0) is 12.8. The maximum Gasteiger partial charge on any atom is 0.335 e. The van der Waals surface area contributed by atoms with Crippen LogP contribution < -0.4 is 0 Å². The van der Waals surface area contributed by atoms with E-state index in [1.165, 1.54) is 19.2 Å². The van der Waals surface area contributed by atoms with Gasteiger partial charge < -0.3 is 14.6 Å². The topological polar surface area (TPSA) is 55.8 Å². The lowest BCUT2D eigenvalue weighted by Gasteiger charge is -2.15. The average Bonchev–Trinajstić information content (AvgIpc) is 2.30. The van der Waals surface area contributed by atoms with Crippen LogP contribution in [0, 0.1) is 0 Å². The van der Waals surface area contributed by atoms with E-state index in [-0.39, 0.29) is 5.75 Å². The molecule has 0 radical (unpaired) electrons. The Balaban J connectivity index is 2.82. The van der Waals surface area contributed by atoms with E-state index < -0.39 is 12.1 Å². The second-order valence-corrected chi connectivity index (χ2v) is 3.85. The Morgan fingerprint density at radius 3 is 2.76 bits per heavy atom. The van der Waals surface area contributed by atoms with E-state index in [1.54, 1.807) is 13.0 Å². The Bertz CT molecular complexity index is 392. The number of carbonyl (C=O) groups is 1. The van der Waals surface area contributed by atoms with Gasteiger partial charge in [0.05, 0.1) is 7.11 Å². The third-order valence-electron chi connectivity index (χ3n) is 2.27. The number of hydrogen-bond donors (Lipinski definition) is 1. The predicted molar refractivity (Wildman–Crippen MR) is 64.3 cm³/mol. The van der Waals surface area contributed by atoms with Crippen molar-refractivity contribution in [2.75, 3.05) is 13.7 Å². The molecule has 0 aliphatic rings. The summed E-state index contributed by atoms with van der Waals surface area (Å²) in [5.74, 6) is -0.347. The average molecular weight is 259 g/mol. The van der Waals surface area contributed by atoms with Gasteiger partial charge in [-0.05, 0) is 24.6 Å². The van der Waals surface area contributed by atoms with Crippen LogP contribution in [0.2, 0.25) is 5.02 Å². The van der Waals surface area contributed by atoms with Crippen molar-refractivity contribution in [3.05, 3.63) is 28.8 Å². The summed E-state index contributed by atoms with van der Waals surface area (Å²) in [5.41, 5.74) is 0.730. The maximum absolute atomic E-state index is 11.4. The van der Waals surface area contributed by atoms with E-state index in [2.05, 4.69) is 4.74 Å². The second-order valence-electron chi connectivity index (χ2n) is 3.45. The fourth-order valence-corrected chi connectivity index (χ4v) is 1.70. The fraction of sp³-hybridized carbons (Fsp3) is 0.417. The summed E-state index contributed by atoms with van der Waals surface area (Å²) >= 11 is 5.95. The van der Waals surface area contributed by atoms with Crippen LogP contribution in [0.4, 0.5) is 0 Å². The normalized spacial score (nSPS) is 12.2. The highest BCUT2D eigenvalue weighted by Crippen LogP contribution is 2.23. The van der Waals surface area contributed by atoms with Crippen LogP contribution in [0.1, 0.15) is 12.5 Å². The van der Waals surface area contributed by atoms with Crippen LogP contribution in [0.15, 0.2) is 18.2 Å². The van der Waals surface area contributed by atoms with Gasteiger partial charge in [0.15, 0.2) is 6.10 Å². The zero-order valence-corrected chi connectivity index (χ0v) is 10.5. The number of ether oxygens (including phenoxy) is 2. The molecule has 0 unspecified atom stereocenters. The van der Waals surface area contributed by atoms with Gasteiger partial charge in [-0.25, -0.2) is 4.79 Å². The Morgan fingerprint density at radius 2 is 2.24 bits per heavy atom. The Hall–Kier alpha value is -1.26. The van der Waals surface area contributed by atoms with Crippen LogP contribution in [-0.2, 0) is 20.7 Å². The highest BCUT2D eigenvalue weighted by Gasteiger charge is 2.21. The Labute approximate surface area is 105 Å². The number of phenols is 1. The van der Waals surface area contributed by atoms with Crippen LogP contribution in [0.5, 0.6) is 5.75 Å². The minimum atomic E-state index is -0.674. The summed E-state index contributed by atoms with van der Waals surface area (Å²) in [6.45, 7) is 2.21. The molecule has 1 atom stereocenters. The Morgan fingerprint density at radius 1 is 1.53 bits per heavy atom. The van der Waals surface area contributed by atoms with Crippen molar-refractivity contribution in [3.63, 3.8) is 0 Å². The highest BCUT2D eigenvalue weighted by atomic mass is 35.5. The molecule has 0 saturated carbocycles. The van der Waals surface area contributed by atoms with Gasteiger partial charge in [-0.3, -0.25) is 0 Å². The largest absolute Gasteiger partial charge is 0.508 e. The molecular weight excluding hydrogens is 244 g/mol. The van der Waals surface area contributed by atoms with Crippen LogP contribution in [0.3, 0.4) is 0 Å². The van der Waals surface area contributed by atoms with Crippen molar-refractivity contribution >= 4 is 17.6 Å². The molecule has 0 bridgehead atoms. The van der Waals surface area contributed by atoms with Gasteiger partial charge in [-0.2, -0.15) is 0 Å². The van der Waals surface area contributed by atoms with Crippen LogP contribution >= 0.6 is 11.6 Å². The number of benzene rings is 1. The number of methoxy groups -OCH3 is 1. The van der Waals surface area contributed by atoms with Gasteiger partial charge >= 0.3 is 5.97 Å². The summed E-state index contributed by atoms with van der Waals surface area (Å²) in [5, 5.41) is 9.62. The molecule has 0 amide bonds. The molecule has 0 aliphatic heterocycles. The molecule has 5 heteroatoms. The van der Waals surface area contributed by atoms with Crippen molar-refractivity contribution in [1.29, 1.82) is 0 Å². The molecular formula is C12H15ClO4. The molecule has 0 saturated heterocycles. The first-order valence-electron chi connectivity index (χ1n) is 5.25.